The van der Waals surface area contributed by atoms with Gasteiger partial charge in [0, 0.05) is 0 Å². The van der Waals surface area contributed by atoms with Crippen molar-refractivity contribution in [3.63, 3.8) is 0 Å². The molecular formula is C24H27NO4. The quantitative estimate of drug-likeness (QED) is 0.329. The Balaban J connectivity index is 1.63. The summed E-state index contributed by atoms with van der Waals surface area (Å²) >= 11 is 0. The van der Waals surface area contributed by atoms with E-state index in [1.54, 1.807) is 18.2 Å². The first-order valence-electron chi connectivity index (χ1n) is 10.3. The van der Waals surface area contributed by atoms with Crippen LogP contribution in [-0.4, -0.2) is 24.4 Å². The number of carbonyl (C=O) groups excluding carboxylic acids is 3. The number of hydrogen-bond acceptors (Lipinski definition) is 4. The fourth-order valence-electron chi connectivity index (χ4n) is 3.43. The number of fused-ring (bicyclic) bond motifs is 1. The monoisotopic (exact) mass is 393 g/mol. The molecule has 1 aliphatic heterocycles. The van der Waals surface area contributed by atoms with Crippen molar-refractivity contribution in [2.75, 3.05) is 11.5 Å². The number of imide groups is 1. The molecule has 0 unspecified atom stereocenters. The second kappa shape index (κ2) is 9.50. The van der Waals surface area contributed by atoms with Crippen molar-refractivity contribution >= 4 is 23.5 Å². The second-order valence-corrected chi connectivity index (χ2v) is 7.45. The van der Waals surface area contributed by atoms with Gasteiger partial charge in [0.15, 0.2) is 0 Å². The first-order chi connectivity index (χ1) is 14.0. The van der Waals surface area contributed by atoms with Crippen molar-refractivity contribution in [2.24, 2.45) is 0 Å². The SMILES string of the molecule is CCCCCCCCOC(=O)c1ccc2c(c1)C(=O)N(c1ccc(C)cc1)C2=O. The molecule has 0 radical (unpaired) electrons. The molecule has 29 heavy (non-hydrogen) atoms. The van der Waals surface area contributed by atoms with Crippen LogP contribution in [0.5, 0.6) is 0 Å². The van der Waals surface area contributed by atoms with Gasteiger partial charge in [0.25, 0.3) is 11.8 Å². The summed E-state index contributed by atoms with van der Waals surface area (Å²) in [5.74, 6) is -1.25. The van der Waals surface area contributed by atoms with Crippen molar-refractivity contribution in [1.82, 2.24) is 0 Å². The molecule has 0 bridgehead atoms. The highest BCUT2D eigenvalue weighted by molar-refractivity contribution is 6.34. The summed E-state index contributed by atoms with van der Waals surface area (Å²) in [6, 6.07) is 11.7. The molecule has 0 fully saturated rings. The Kier molecular flexibility index (Phi) is 6.81. The lowest BCUT2D eigenvalue weighted by Gasteiger charge is -2.13. The van der Waals surface area contributed by atoms with Gasteiger partial charge in [0.05, 0.1) is 29.0 Å². The van der Waals surface area contributed by atoms with E-state index in [1.807, 2.05) is 19.1 Å². The summed E-state index contributed by atoms with van der Waals surface area (Å²) in [5, 5.41) is 0. The molecule has 152 valence electrons. The molecule has 0 aliphatic carbocycles. The maximum atomic E-state index is 12.8. The third-order valence-electron chi connectivity index (χ3n) is 5.15. The summed E-state index contributed by atoms with van der Waals surface area (Å²) in [5.41, 5.74) is 2.41. The number of hydrogen-bond donors (Lipinski definition) is 0. The second-order valence-electron chi connectivity index (χ2n) is 7.45. The molecule has 2 amide bonds. The van der Waals surface area contributed by atoms with Crippen LogP contribution in [-0.2, 0) is 4.74 Å². The van der Waals surface area contributed by atoms with Crippen LogP contribution in [0, 0.1) is 6.92 Å². The number of rotatable bonds is 9. The van der Waals surface area contributed by atoms with Crippen molar-refractivity contribution in [3.05, 3.63) is 64.7 Å². The van der Waals surface area contributed by atoms with E-state index in [9.17, 15) is 14.4 Å². The van der Waals surface area contributed by atoms with Crippen molar-refractivity contribution in [2.45, 2.75) is 52.4 Å². The van der Waals surface area contributed by atoms with Gasteiger partial charge in [-0.3, -0.25) is 9.59 Å². The number of aryl methyl sites for hydroxylation is 1. The highest BCUT2D eigenvalue weighted by Crippen LogP contribution is 2.29. The van der Waals surface area contributed by atoms with Crippen molar-refractivity contribution < 1.29 is 19.1 Å². The summed E-state index contributed by atoms with van der Waals surface area (Å²) in [6.45, 7) is 4.48. The highest BCUT2D eigenvalue weighted by atomic mass is 16.5. The molecule has 5 nitrogen and oxygen atoms in total. The predicted octanol–water partition coefficient (Wildman–Crippen LogP) is 5.31. The number of benzene rings is 2. The smallest absolute Gasteiger partial charge is 0.338 e. The van der Waals surface area contributed by atoms with E-state index in [0.29, 0.717) is 23.4 Å². The van der Waals surface area contributed by atoms with E-state index in [4.69, 9.17) is 4.74 Å². The van der Waals surface area contributed by atoms with Gasteiger partial charge in [-0.2, -0.15) is 0 Å². The van der Waals surface area contributed by atoms with Gasteiger partial charge < -0.3 is 4.74 Å². The number of anilines is 1. The van der Waals surface area contributed by atoms with E-state index in [1.165, 1.54) is 31.4 Å². The van der Waals surface area contributed by atoms with E-state index >= 15 is 0 Å². The number of unbranched alkanes of at least 4 members (excludes halogenated alkanes) is 5. The van der Waals surface area contributed by atoms with Crippen LogP contribution in [0.2, 0.25) is 0 Å². The zero-order chi connectivity index (χ0) is 20.8. The average Bonchev–Trinajstić information content (AvgIpc) is 2.98. The lowest BCUT2D eigenvalue weighted by molar-refractivity contribution is 0.0497. The molecule has 0 saturated heterocycles. The topological polar surface area (TPSA) is 63.7 Å². The molecule has 5 heteroatoms. The van der Waals surface area contributed by atoms with Gasteiger partial charge in [0.2, 0.25) is 0 Å². The molecule has 1 heterocycles. The van der Waals surface area contributed by atoms with Crippen molar-refractivity contribution in [1.29, 1.82) is 0 Å². The van der Waals surface area contributed by atoms with Crippen molar-refractivity contribution in [3.8, 4) is 0 Å². The molecular weight excluding hydrogens is 366 g/mol. The van der Waals surface area contributed by atoms with Gasteiger partial charge in [-0.15, -0.1) is 0 Å². The van der Waals surface area contributed by atoms with E-state index in [0.717, 1.165) is 29.7 Å². The largest absolute Gasteiger partial charge is 0.462 e. The Morgan fingerprint density at radius 2 is 1.52 bits per heavy atom. The maximum Gasteiger partial charge on any atom is 0.338 e. The molecule has 2 aromatic carbocycles. The van der Waals surface area contributed by atoms with E-state index < -0.39 is 11.9 Å². The normalized spacial score (nSPS) is 13.0. The highest BCUT2D eigenvalue weighted by Gasteiger charge is 2.37. The first kappa shape index (κ1) is 20.8. The molecule has 0 atom stereocenters. The van der Waals surface area contributed by atoms with Gasteiger partial charge >= 0.3 is 5.97 Å². The Morgan fingerprint density at radius 1 is 0.862 bits per heavy atom. The minimum absolute atomic E-state index is 0.240. The Morgan fingerprint density at radius 3 is 2.24 bits per heavy atom. The molecule has 0 N–H and O–H groups in total. The molecule has 2 aromatic rings. The summed E-state index contributed by atoms with van der Waals surface area (Å²) in [4.78, 5) is 39.0. The minimum atomic E-state index is -0.463. The van der Waals surface area contributed by atoms with Gasteiger partial charge in [-0.05, 0) is 43.7 Å². The fraction of sp³-hybridized carbons (Fsp3) is 0.375. The fourth-order valence-corrected chi connectivity index (χ4v) is 3.43. The van der Waals surface area contributed by atoms with Crippen LogP contribution in [0.25, 0.3) is 0 Å². The molecule has 3 rings (SSSR count). The molecule has 0 saturated carbocycles. The number of amides is 2. The van der Waals surface area contributed by atoms with Gasteiger partial charge in [-0.25, -0.2) is 9.69 Å². The van der Waals surface area contributed by atoms with Crippen LogP contribution in [0.1, 0.15) is 82.1 Å². The van der Waals surface area contributed by atoms with Gasteiger partial charge in [-0.1, -0.05) is 56.7 Å². The Hall–Kier alpha value is -2.95. The predicted molar refractivity (Wildman–Crippen MR) is 112 cm³/mol. The summed E-state index contributed by atoms with van der Waals surface area (Å²) in [7, 11) is 0. The number of nitrogens with zero attached hydrogens (tertiary/aromatic N) is 1. The van der Waals surface area contributed by atoms with Crippen LogP contribution < -0.4 is 4.90 Å². The first-order valence-corrected chi connectivity index (χ1v) is 10.3. The lowest BCUT2D eigenvalue weighted by atomic mass is 10.1. The standard InChI is InChI=1S/C24H27NO4/c1-3-4-5-6-7-8-15-29-24(28)18-11-14-20-21(16-18)23(27)25(22(20)26)19-12-9-17(2)10-13-19/h9-14,16H,3-8,15H2,1-2H3. The van der Waals surface area contributed by atoms with E-state index in [2.05, 4.69) is 6.92 Å². The Bertz CT molecular complexity index is 902. The number of ether oxygens (including phenoxy) is 1. The van der Waals surface area contributed by atoms with Crippen LogP contribution >= 0.6 is 0 Å². The zero-order valence-electron chi connectivity index (χ0n) is 17.1. The van der Waals surface area contributed by atoms with Crippen LogP contribution in [0.3, 0.4) is 0 Å². The van der Waals surface area contributed by atoms with Crippen LogP contribution in [0.15, 0.2) is 42.5 Å². The maximum absolute atomic E-state index is 12.8. The molecule has 0 aromatic heterocycles. The molecule has 0 spiro atoms. The third-order valence-corrected chi connectivity index (χ3v) is 5.15. The summed E-state index contributed by atoms with van der Waals surface area (Å²) < 4.78 is 5.33. The zero-order valence-corrected chi connectivity index (χ0v) is 17.1. The number of carbonyl (C=O) groups is 3. The Labute approximate surface area is 171 Å². The summed E-state index contributed by atoms with van der Waals surface area (Å²) in [6.07, 6.45) is 6.67. The number of esters is 1. The van der Waals surface area contributed by atoms with Crippen LogP contribution in [0.4, 0.5) is 5.69 Å². The lowest BCUT2D eigenvalue weighted by Crippen LogP contribution is -2.29. The average molecular weight is 393 g/mol. The molecule has 1 aliphatic rings. The van der Waals surface area contributed by atoms with E-state index in [-0.39, 0.29) is 11.5 Å². The minimum Gasteiger partial charge on any atom is -0.462 e. The van der Waals surface area contributed by atoms with Gasteiger partial charge in [0.1, 0.15) is 0 Å². The third kappa shape index (κ3) is 4.73.